The molecular weight excluding hydrogens is 504 g/mol. The molecule has 1 aliphatic rings. The Kier molecular flexibility index (Phi) is 6.52. The van der Waals surface area contributed by atoms with E-state index in [2.05, 4.69) is 10.6 Å². The number of nitrogens with two attached hydrogens (primary N) is 1. The minimum atomic E-state index is -1.27. The van der Waals surface area contributed by atoms with E-state index in [9.17, 15) is 9.59 Å². The molecule has 1 fully saturated rings. The van der Waals surface area contributed by atoms with E-state index in [4.69, 9.17) is 52.1 Å². The predicted octanol–water partition coefficient (Wildman–Crippen LogP) is 6.66. The summed E-state index contributed by atoms with van der Waals surface area (Å²) in [6, 6.07) is 16.9. The number of benzene rings is 3. The van der Waals surface area contributed by atoms with Gasteiger partial charge in [0.25, 0.3) is 5.91 Å². The average molecular weight is 523 g/mol. The lowest BCUT2D eigenvalue weighted by atomic mass is 10.1. The molecule has 4 rings (SSSR count). The molecule has 0 heterocycles. The van der Waals surface area contributed by atoms with Crippen LogP contribution < -0.4 is 16.4 Å². The van der Waals surface area contributed by atoms with Crippen LogP contribution in [0.3, 0.4) is 0 Å². The van der Waals surface area contributed by atoms with Crippen molar-refractivity contribution >= 4 is 75.3 Å². The van der Waals surface area contributed by atoms with Gasteiger partial charge in [0, 0.05) is 28.5 Å². The van der Waals surface area contributed by atoms with E-state index in [1.165, 1.54) is 0 Å². The van der Waals surface area contributed by atoms with E-state index in [0.29, 0.717) is 32.7 Å². The molecule has 0 unspecified atom stereocenters. The van der Waals surface area contributed by atoms with Gasteiger partial charge in [-0.05, 0) is 66.6 Å². The van der Waals surface area contributed by atoms with Gasteiger partial charge in [0.1, 0.15) is 4.33 Å². The molecule has 0 aliphatic heterocycles. The topological polar surface area (TPSA) is 84.2 Å². The molecule has 1 aliphatic carbocycles. The summed E-state index contributed by atoms with van der Waals surface area (Å²) in [6.45, 7) is 1.85. The van der Waals surface area contributed by atoms with Crippen LogP contribution >= 0.6 is 46.4 Å². The molecule has 1 saturated carbocycles. The third kappa shape index (κ3) is 4.92. The van der Waals surface area contributed by atoms with Gasteiger partial charge in [-0.15, -0.1) is 23.2 Å². The highest BCUT2D eigenvalue weighted by Crippen LogP contribution is 2.65. The maximum absolute atomic E-state index is 12.9. The molecule has 5 nitrogen and oxygen atoms in total. The predicted molar refractivity (Wildman–Crippen MR) is 136 cm³/mol. The molecule has 9 heteroatoms. The highest BCUT2D eigenvalue weighted by molar-refractivity contribution is 6.53. The Hall–Kier alpha value is -2.44. The Bertz CT molecular complexity index is 1260. The summed E-state index contributed by atoms with van der Waals surface area (Å²) in [5, 5.41) is 6.41. The van der Waals surface area contributed by atoms with Gasteiger partial charge in [0.05, 0.1) is 16.0 Å². The molecule has 170 valence electrons. The van der Waals surface area contributed by atoms with Crippen molar-refractivity contribution in [2.24, 2.45) is 5.92 Å². The Balaban J connectivity index is 1.47. The van der Waals surface area contributed by atoms with Crippen LogP contribution in [0.1, 0.15) is 27.4 Å². The zero-order chi connectivity index (χ0) is 23.9. The van der Waals surface area contributed by atoms with E-state index in [-0.39, 0.29) is 11.8 Å². The van der Waals surface area contributed by atoms with Gasteiger partial charge in [0.2, 0.25) is 5.91 Å². The van der Waals surface area contributed by atoms with Crippen LogP contribution in [0.25, 0.3) is 0 Å². The lowest BCUT2D eigenvalue weighted by Crippen LogP contribution is -2.18. The maximum Gasteiger partial charge on any atom is 0.255 e. The number of hydrogen-bond donors (Lipinski definition) is 3. The number of carbonyl (C=O) groups excluding carboxylic acids is 2. The van der Waals surface area contributed by atoms with Gasteiger partial charge >= 0.3 is 0 Å². The van der Waals surface area contributed by atoms with Crippen LogP contribution in [-0.4, -0.2) is 16.1 Å². The van der Waals surface area contributed by atoms with Crippen molar-refractivity contribution in [1.82, 2.24) is 0 Å². The van der Waals surface area contributed by atoms with Gasteiger partial charge in [-0.3, -0.25) is 9.59 Å². The number of nitrogen functional groups attached to an aromatic ring is 1. The van der Waals surface area contributed by atoms with Crippen LogP contribution in [0, 0.1) is 12.8 Å². The van der Waals surface area contributed by atoms with Gasteiger partial charge < -0.3 is 16.4 Å². The van der Waals surface area contributed by atoms with Crippen LogP contribution in [0.5, 0.6) is 0 Å². The number of aryl methyl sites for hydroxylation is 1. The Morgan fingerprint density at radius 3 is 2.39 bits per heavy atom. The number of rotatable bonds is 5. The lowest BCUT2D eigenvalue weighted by Gasteiger charge is -2.11. The molecule has 2 atom stereocenters. The highest BCUT2D eigenvalue weighted by atomic mass is 35.5. The summed E-state index contributed by atoms with van der Waals surface area (Å²) >= 11 is 24.9. The molecular formula is C24H19Cl4N3O2. The minimum absolute atomic E-state index is 0.317. The molecule has 4 N–H and O–H groups in total. The van der Waals surface area contributed by atoms with E-state index < -0.39 is 16.2 Å². The van der Waals surface area contributed by atoms with Gasteiger partial charge in [-0.2, -0.15) is 0 Å². The maximum atomic E-state index is 12.9. The molecule has 3 aromatic carbocycles. The summed E-state index contributed by atoms with van der Waals surface area (Å²) in [7, 11) is 0. The second kappa shape index (κ2) is 9.07. The fraction of sp³-hybridized carbons (Fsp3) is 0.167. The van der Waals surface area contributed by atoms with Gasteiger partial charge in [-0.1, -0.05) is 35.3 Å². The van der Waals surface area contributed by atoms with E-state index in [1.54, 1.807) is 60.7 Å². The zero-order valence-corrected chi connectivity index (χ0v) is 20.4. The number of nitrogens with one attached hydrogen (secondary N) is 2. The van der Waals surface area contributed by atoms with Crippen molar-refractivity contribution in [3.8, 4) is 0 Å². The normalized spacial score (nSPS) is 18.5. The summed E-state index contributed by atoms with van der Waals surface area (Å²) in [6.07, 6.45) is 0. The molecule has 2 amide bonds. The molecule has 0 aromatic heterocycles. The highest BCUT2D eigenvalue weighted by Gasteiger charge is 2.67. The first-order valence-electron chi connectivity index (χ1n) is 9.99. The summed E-state index contributed by atoms with van der Waals surface area (Å²) in [4.78, 5) is 25.6. The lowest BCUT2D eigenvalue weighted by molar-refractivity contribution is -0.117. The Morgan fingerprint density at radius 2 is 1.70 bits per heavy atom. The largest absolute Gasteiger partial charge is 0.399 e. The summed E-state index contributed by atoms with van der Waals surface area (Å²) < 4.78 is -1.27. The first kappa shape index (κ1) is 23.7. The summed E-state index contributed by atoms with van der Waals surface area (Å²) in [5.74, 6) is -1.80. The quantitative estimate of drug-likeness (QED) is 0.258. The summed E-state index contributed by atoms with van der Waals surface area (Å²) in [5.41, 5.74) is 9.42. The Morgan fingerprint density at radius 1 is 0.939 bits per heavy atom. The van der Waals surface area contributed by atoms with Crippen molar-refractivity contribution < 1.29 is 9.59 Å². The number of amides is 2. The second-order valence-electron chi connectivity index (χ2n) is 7.90. The first-order chi connectivity index (χ1) is 15.6. The fourth-order valence-corrected chi connectivity index (χ4v) is 4.89. The number of carbonyl (C=O) groups is 2. The monoisotopic (exact) mass is 521 g/mol. The third-order valence-corrected chi connectivity index (χ3v) is 7.21. The smallest absolute Gasteiger partial charge is 0.255 e. The van der Waals surface area contributed by atoms with Crippen molar-refractivity contribution in [3.63, 3.8) is 0 Å². The van der Waals surface area contributed by atoms with Crippen molar-refractivity contribution in [3.05, 3.63) is 87.4 Å². The van der Waals surface area contributed by atoms with E-state index >= 15 is 0 Å². The number of hydrogen-bond acceptors (Lipinski definition) is 3. The molecule has 0 bridgehead atoms. The standard InChI is InChI=1S/C24H19Cl4N3O2/c1-12-9-15(29)6-8-19(12)31-22(32)14-3-2-4-16(10-14)30-23(33)21-20(24(21,27)28)13-5-7-17(25)18(26)11-13/h2-11,20-21H,29H2,1H3,(H,30,33)(H,31,32)/t20-,21+/m1/s1. The zero-order valence-electron chi connectivity index (χ0n) is 17.3. The van der Waals surface area contributed by atoms with Crippen LogP contribution in [-0.2, 0) is 4.79 Å². The van der Waals surface area contributed by atoms with Gasteiger partial charge in [0.15, 0.2) is 0 Å². The van der Waals surface area contributed by atoms with Crippen LogP contribution in [0.15, 0.2) is 60.7 Å². The van der Waals surface area contributed by atoms with Crippen LogP contribution in [0.2, 0.25) is 10.0 Å². The Labute approximate surface area is 211 Å². The van der Waals surface area contributed by atoms with Crippen molar-refractivity contribution in [1.29, 1.82) is 0 Å². The molecule has 0 saturated heterocycles. The average Bonchev–Trinajstić information content (AvgIpc) is 3.34. The van der Waals surface area contributed by atoms with E-state index in [1.807, 2.05) is 6.92 Å². The minimum Gasteiger partial charge on any atom is -0.399 e. The van der Waals surface area contributed by atoms with Crippen LogP contribution in [0.4, 0.5) is 17.1 Å². The van der Waals surface area contributed by atoms with Crippen molar-refractivity contribution in [2.75, 3.05) is 16.4 Å². The number of halogens is 4. The fourth-order valence-electron chi connectivity index (χ4n) is 3.75. The molecule has 3 aromatic rings. The molecule has 0 spiro atoms. The van der Waals surface area contributed by atoms with E-state index in [0.717, 1.165) is 11.1 Å². The SMILES string of the molecule is Cc1cc(N)ccc1NC(=O)c1cccc(NC(=O)[C@@H]2[C@@H](c3ccc(Cl)c(Cl)c3)C2(Cl)Cl)c1. The number of alkyl halides is 2. The molecule has 33 heavy (non-hydrogen) atoms. The number of anilines is 3. The second-order valence-corrected chi connectivity index (χ2v) is 10.2. The van der Waals surface area contributed by atoms with Crippen molar-refractivity contribution in [2.45, 2.75) is 17.2 Å². The third-order valence-electron chi connectivity index (χ3n) is 5.53. The molecule has 0 radical (unpaired) electrons. The first-order valence-corrected chi connectivity index (χ1v) is 11.5. The van der Waals surface area contributed by atoms with Gasteiger partial charge in [-0.25, -0.2) is 0 Å².